The molecule has 3 heteroatoms. The minimum atomic E-state index is -0.0589. The van der Waals surface area contributed by atoms with Crippen LogP contribution >= 0.6 is 0 Å². The summed E-state index contributed by atoms with van der Waals surface area (Å²) in [5.74, 6) is 0.288. The van der Waals surface area contributed by atoms with E-state index < -0.39 is 0 Å². The van der Waals surface area contributed by atoms with Crippen molar-refractivity contribution in [1.29, 1.82) is 0 Å². The van der Waals surface area contributed by atoms with E-state index in [4.69, 9.17) is 0 Å². The maximum atomic E-state index is 13.0. The summed E-state index contributed by atoms with van der Waals surface area (Å²) in [5.41, 5.74) is 8.12. The van der Waals surface area contributed by atoms with Crippen molar-refractivity contribution in [3.8, 4) is 0 Å². The highest BCUT2D eigenvalue weighted by atomic mass is 16.1. The predicted molar refractivity (Wildman–Crippen MR) is 108 cm³/mol. The number of pyridine rings is 1. The maximum absolute atomic E-state index is 13.0. The lowest BCUT2D eigenvalue weighted by Gasteiger charge is -2.34. The normalized spacial score (nSPS) is 18.9. The van der Waals surface area contributed by atoms with Crippen LogP contribution in [0.5, 0.6) is 0 Å². The molecule has 2 aromatic carbocycles. The molecule has 1 aliphatic heterocycles. The molecule has 5 rings (SSSR count). The number of fused-ring (bicyclic) bond motifs is 4. The number of aromatic amines is 1. The second-order valence-corrected chi connectivity index (χ2v) is 7.46. The Bertz CT molecular complexity index is 1080. The van der Waals surface area contributed by atoms with Gasteiger partial charge in [-0.05, 0) is 48.1 Å². The molecule has 2 N–H and O–H groups in total. The molecule has 1 unspecified atom stereocenters. The first-order valence-corrected chi connectivity index (χ1v) is 9.81. The number of ketones is 1. The summed E-state index contributed by atoms with van der Waals surface area (Å²) in [7, 11) is 0. The van der Waals surface area contributed by atoms with Crippen molar-refractivity contribution in [1.82, 2.24) is 0 Å². The molecule has 1 aromatic heterocycles. The molecular formula is C24H23N2O+. The number of allylic oxidation sites excluding steroid dienone is 1. The Morgan fingerprint density at radius 2 is 1.93 bits per heavy atom. The molecule has 3 aromatic rings. The first kappa shape index (κ1) is 16.2. The molecule has 1 atom stereocenters. The second kappa shape index (κ2) is 6.34. The Hall–Kier alpha value is -2.94. The van der Waals surface area contributed by atoms with Gasteiger partial charge in [0.1, 0.15) is 0 Å². The summed E-state index contributed by atoms with van der Waals surface area (Å²) in [5, 5.41) is 4.86. The average molecular weight is 355 g/mol. The van der Waals surface area contributed by atoms with Crippen LogP contribution in [0.3, 0.4) is 0 Å². The molecule has 2 aliphatic rings. The van der Waals surface area contributed by atoms with Crippen LogP contribution in [0.15, 0.2) is 60.3 Å². The fraction of sp³-hybridized carbons (Fsp3) is 0.250. The van der Waals surface area contributed by atoms with Gasteiger partial charge < -0.3 is 5.32 Å². The third-order valence-electron chi connectivity index (χ3n) is 5.91. The number of carbonyl (C=O) groups excluding carboxylic acids is 1. The van der Waals surface area contributed by atoms with Gasteiger partial charge in [-0.25, -0.2) is 4.98 Å². The molecule has 0 radical (unpaired) electrons. The summed E-state index contributed by atoms with van der Waals surface area (Å²) < 4.78 is 0. The third kappa shape index (κ3) is 2.57. The van der Waals surface area contributed by atoms with Gasteiger partial charge in [0.2, 0.25) is 5.52 Å². The van der Waals surface area contributed by atoms with E-state index >= 15 is 0 Å². The zero-order valence-electron chi connectivity index (χ0n) is 15.5. The Labute approximate surface area is 159 Å². The third-order valence-corrected chi connectivity index (χ3v) is 5.91. The number of Topliss-reactive ketones (excluding diaryl/α,β-unsaturated/α-hetero) is 1. The van der Waals surface area contributed by atoms with E-state index in [2.05, 4.69) is 59.7 Å². The molecule has 0 bridgehead atoms. The van der Waals surface area contributed by atoms with Gasteiger partial charge in [-0.3, -0.25) is 4.79 Å². The van der Waals surface area contributed by atoms with Crippen molar-refractivity contribution in [3.05, 3.63) is 77.0 Å². The number of benzene rings is 2. The van der Waals surface area contributed by atoms with Crippen molar-refractivity contribution in [2.75, 3.05) is 5.32 Å². The van der Waals surface area contributed by atoms with Crippen molar-refractivity contribution in [2.24, 2.45) is 0 Å². The summed E-state index contributed by atoms with van der Waals surface area (Å²) in [6, 6.07) is 17.1. The lowest BCUT2D eigenvalue weighted by Crippen LogP contribution is -2.27. The van der Waals surface area contributed by atoms with E-state index in [-0.39, 0.29) is 11.8 Å². The van der Waals surface area contributed by atoms with Crippen LogP contribution in [0.25, 0.3) is 16.5 Å². The maximum Gasteiger partial charge on any atom is 0.211 e. The van der Waals surface area contributed by atoms with Gasteiger partial charge >= 0.3 is 0 Å². The van der Waals surface area contributed by atoms with Gasteiger partial charge in [0.05, 0.1) is 11.4 Å². The Kier molecular flexibility index (Phi) is 3.82. The number of H-pyrrole nitrogens is 1. The van der Waals surface area contributed by atoms with Crippen molar-refractivity contribution in [2.45, 2.75) is 38.6 Å². The fourth-order valence-electron chi connectivity index (χ4n) is 4.53. The zero-order valence-corrected chi connectivity index (χ0v) is 15.5. The Morgan fingerprint density at radius 3 is 2.74 bits per heavy atom. The van der Waals surface area contributed by atoms with E-state index in [9.17, 15) is 4.79 Å². The summed E-state index contributed by atoms with van der Waals surface area (Å²) in [6.45, 7) is 2.16. The summed E-state index contributed by atoms with van der Waals surface area (Å²) in [4.78, 5) is 16.3. The standard InChI is InChI=1S/C24H22N2O/c1-2-15-8-10-16(11-9-15)24-23-18(5-3-7-21(23)27)22-17-6-4-14-25-19(17)12-13-20(22)26-24/h4,6,8-14,24,26H,2-3,5,7H2,1H3/p+1. The second-order valence-electron chi connectivity index (χ2n) is 7.46. The number of rotatable bonds is 2. The van der Waals surface area contributed by atoms with E-state index in [1.165, 1.54) is 27.6 Å². The van der Waals surface area contributed by atoms with Crippen LogP contribution in [0.4, 0.5) is 5.69 Å². The minimum absolute atomic E-state index is 0.0589. The average Bonchev–Trinajstić information content (AvgIpc) is 2.73. The topological polar surface area (TPSA) is 43.2 Å². The van der Waals surface area contributed by atoms with E-state index in [1.807, 2.05) is 12.3 Å². The monoisotopic (exact) mass is 355 g/mol. The number of aryl methyl sites for hydroxylation is 1. The van der Waals surface area contributed by atoms with Gasteiger partial charge in [-0.15, -0.1) is 0 Å². The molecule has 1 aliphatic carbocycles. The summed E-state index contributed by atoms with van der Waals surface area (Å²) in [6.07, 6.45) is 5.52. The van der Waals surface area contributed by atoms with Crippen LogP contribution in [0, 0.1) is 0 Å². The molecule has 134 valence electrons. The minimum Gasteiger partial charge on any atom is -0.373 e. The highest BCUT2D eigenvalue weighted by Crippen LogP contribution is 2.47. The van der Waals surface area contributed by atoms with E-state index in [0.29, 0.717) is 6.42 Å². The van der Waals surface area contributed by atoms with Crippen LogP contribution in [0.1, 0.15) is 48.9 Å². The quantitative estimate of drug-likeness (QED) is 0.711. The molecule has 27 heavy (non-hydrogen) atoms. The molecule has 0 saturated carbocycles. The number of anilines is 1. The van der Waals surface area contributed by atoms with Gasteiger partial charge in [-0.2, -0.15) is 0 Å². The lowest BCUT2D eigenvalue weighted by atomic mass is 9.77. The first-order valence-electron chi connectivity index (χ1n) is 9.81. The van der Waals surface area contributed by atoms with Gasteiger partial charge in [-0.1, -0.05) is 31.2 Å². The summed E-state index contributed by atoms with van der Waals surface area (Å²) >= 11 is 0. The van der Waals surface area contributed by atoms with Crippen molar-refractivity contribution in [3.63, 3.8) is 0 Å². The molecule has 0 fully saturated rings. The first-order chi connectivity index (χ1) is 13.3. The molecule has 0 amide bonds. The number of aromatic nitrogens is 1. The smallest absolute Gasteiger partial charge is 0.211 e. The molecule has 0 saturated heterocycles. The Morgan fingerprint density at radius 1 is 1.07 bits per heavy atom. The number of carbonyl (C=O) groups is 1. The zero-order chi connectivity index (χ0) is 18.4. The van der Waals surface area contributed by atoms with Gasteiger partial charge in [0.15, 0.2) is 12.0 Å². The van der Waals surface area contributed by atoms with Crippen molar-refractivity contribution < 1.29 is 9.78 Å². The SMILES string of the molecule is CCc1ccc(C2Nc3ccc4[nH+]cccc4c3C3=C2C(=O)CCC3)cc1. The lowest BCUT2D eigenvalue weighted by molar-refractivity contribution is -0.344. The van der Waals surface area contributed by atoms with Crippen molar-refractivity contribution >= 4 is 27.9 Å². The largest absolute Gasteiger partial charge is 0.373 e. The molecular weight excluding hydrogens is 332 g/mol. The number of hydrogen-bond acceptors (Lipinski definition) is 2. The highest BCUT2D eigenvalue weighted by molar-refractivity contribution is 6.11. The van der Waals surface area contributed by atoms with Crippen LogP contribution < -0.4 is 10.3 Å². The number of nitrogens with one attached hydrogen (secondary N) is 2. The Balaban J connectivity index is 1.73. The fourth-order valence-corrected chi connectivity index (χ4v) is 4.53. The molecule has 3 nitrogen and oxygen atoms in total. The van der Waals surface area contributed by atoms with Crippen LogP contribution in [-0.2, 0) is 11.2 Å². The highest BCUT2D eigenvalue weighted by Gasteiger charge is 2.35. The number of hydrogen-bond donors (Lipinski definition) is 1. The van der Waals surface area contributed by atoms with Gasteiger partial charge in [0, 0.05) is 35.4 Å². The molecule has 0 spiro atoms. The molecule has 2 heterocycles. The van der Waals surface area contributed by atoms with E-state index in [0.717, 1.165) is 36.0 Å². The van der Waals surface area contributed by atoms with Crippen LogP contribution in [0.2, 0.25) is 0 Å². The van der Waals surface area contributed by atoms with E-state index in [1.54, 1.807) is 0 Å². The van der Waals surface area contributed by atoms with Crippen LogP contribution in [-0.4, -0.2) is 5.78 Å². The van der Waals surface area contributed by atoms with Gasteiger partial charge in [0.25, 0.3) is 0 Å². The predicted octanol–water partition coefficient (Wildman–Crippen LogP) is 4.89.